The van der Waals surface area contributed by atoms with Crippen LogP contribution in [0.25, 0.3) is 0 Å². The summed E-state index contributed by atoms with van der Waals surface area (Å²) in [6.45, 7) is 0.465. The lowest BCUT2D eigenvalue weighted by molar-refractivity contribution is -0.157. The van der Waals surface area contributed by atoms with Gasteiger partial charge in [0.05, 0.1) is 7.11 Å². The number of nitrogens with zero attached hydrogens (tertiary/aromatic N) is 1. The van der Waals surface area contributed by atoms with Crippen molar-refractivity contribution in [2.24, 2.45) is 5.92 Å². The van der Waals surface area contributed by atoms with Crippen LogP contribution in [0, 0.1) is 5.92 Å². The largest absolute Gasteiger partial charge is 0.497 e. The quantitative estimate of drug-likeness (QED) is 0.736. The third kappa shape index (κ3) is 3.32. The van der Waals surface area contributed by atoms with E-state index in [2.05, 4.69) is 6.07 Å². The molecule has 1 aliphatic carbocycles. The number of piperidine rings is 1. The second kappa shape index (κ2) is 7.78. The molecule has 1 saturated heterocycles. The fourth-order valence-electron chi connectivity index (χ4n) is 4.99. The normalized spacial score (nSPS) is 24.8. The molecule has 0 spiro atoms. The van der Waals surface area contributed by atoms with Gasteiger partial charge in [0.15, 0.2) is 0 Å². The van der Waals surface area contributed by atoms with Crippen LogP contribution in [0.5, 0.6) is 5.75 Å². The lowest BCUT2D eigenvalue weighted by Gasteiger charge is -2.49. The molecule has 2 amide bonds. The van der Waals surface area contributed by atoms with Gasteiger partial charge in [0.25, 0.3) is 0 Å². The molecule has 1 saturated carbocycles. The summed E-state index contributed by atoms with van der Waals surface area (Å²) in [4.78, 5) is 28.0. The zero-order valence-corrected chi connectivity index (χ0v) is 16.4. The summed E-state index contributed by atoms with van der Waals surface area (Å²) < 4.78 is 5.40. The molecule has 2 aromatic rings. The fourth-order valence-corrected chi connectivity index (χ4v) is 4.99. The molecule has 2 fully saturated rings. The summed E-state index contributed by atoms with van der Waals surface area (Å²) >= 11 is 0. The van der Waals surface area contributed by atoms with E-state index in [4.69, 9.17) is 4.74 Å². The van der Waals surface area contributed by atoms with Crippen molar-refractivity contribution in [2.45, 2.75) is 43.9 Å². The molecule has 2 atom stereocenters. The predicted octanol–water partition coefficient (Wildman–Crippen LogP) is 4.12. The van der Waals surface area contributed by atoms with Gasteiger partial charge in [-0.15, -0.1) is 0 Å². The van der Waals surface area contributed by atoms with Gasteiger partial charge < -0.3 is 4.74 Å². The number of hydrogen-bond donors (Lipinski definition) is 0. The van der Waals surface area contributed by atoms with E-state index in [0.717, 1.165) is 42.6 Å². The number of hydrogen-bond acceptors (Lipinski definition) is 3. The molecule has 146 valence electrons. The third-order valence-electron chi connectivity index (χ3n) is 6.48. The van der Waals surface area contributed by atoms with Crippen LogP contribution in [0.1, 0.15) is 43.2 Å². The standard InChI is InChI=1S/C24H27NO3/c1-28-20-11-7-10-19(16-20)24-14-6-5-12-21(24)23(27)25(22(26)17-24)15-13-18-8-3-2-4-9-18/h2-4,7-11,16,21H,5-6,12-15,17H2,1H3/t21-,24-/m0/s1. The Hall–Kier alpha value is -2.62. The van der Waals surface area contributed by atoms with Crippen molar-refractivity contribution in [3.63, 3.8) is 0 Å². The summed E-state index contributed by atoms with van der Waals surface area (Å²) in [7, 11) is 1.65. The van der Waals surface area contributed by atoms with Gasteiger partial charge in [0.1, 0.15) is 5.75 Å². The molecule has 4 rings (SSSR count). The van der Waals surface area contributed by atoms with Crippen LogP contribution in [0.2, 0.25) is 0 Å². The zero-order valence-electron chi connectivity index (χ0n) is 16.4. The van der Waals surface area contributed by atoms with Crippen LogP contribution < -0.4 is 4.74 Å². The van der Waals surface area contributed by atoms with E-state index in [1.54, 1.807) is 7.11 Å². The smallest absolute Gasteiger partial charge is 0.233 e. The summed E-state index contributed by atoms with van der Waals surface area (Å²) in [5.74, 6) is 0.626. The number of carbonyl (C=O) groups is 2. The third-order valence-corrected chi connectivity index (χ3v) is 6.48. The topological polar surface area (TPSA) is 46.6 Å². The van der Waals surface area contributed by atoms with Crippen molar-refractivity contribution in [1.29, 1.82) is 0 Å². The maximum Gasteiger partial charge on any atom is 0.233 e. The number of imide groups is 1. The van der Waals surface area contributed by atoms with Crippen LogP contribution in [0.15, 0.2) is 54.6 Å². The van der Waals surface area contributed by atoms with Gasteiger partial charge in [-0.2, -0.15) is 0 Å². The first-order valence-electron chi connectivity index (χ1n) is 10.2. The molecule has 0 radical (unpaired) electrons. The molecule has 0 aromatic heterocycles. The number of fused-ring (bicyclic) bond motifs is 1. The van der Waals surface area contributed by atoms with E-state index in [-0.39, 0.29) is 23.1 Å². The van der Waals surface area contributed by atoms with Gasteiger partial charge >= 0.3 is 0 Å². The van der Waals surface area contributed by atoms with E-state index in [1.165, 1.54) is 4.90 Å². The number of amides is 2. The zero-order chi connectivity index (χ0) is 19.6. The van der Waals surface area contributed by atoms with Gasteiger partial charge in [0, 0.05) is 24.3 Å². The molecule has 0 N–H and O–H groups in total. The second-order valence-electron chi connectivity index (χ2n) is 7.98. The minimum Gasteiger partial charge on any atom is -0.497 e. The van der Waals surface area contributed by atoms with Crippen molar-refractivity contribution in [2.75, 3.05) is 13.7 Å². The molecule has 2 aromatic carbocycles. The highest BCUT2D eigenvalue weighted by molar-refractivity contribution is 6.01. The van der Waals surface area contributed by atoms with Crippen LogP contribution in [0.3, 0.4) is 0 Å². The molecular formula is C24H27NO3. The van der Waals surface area contributed by atoms with Crippen molar-refractivity contribution in [1.82, 2.24) is 4.90 Å². The average molecular weight is 377 g/mol. The Morgan fingerprint density at radius 2 is 1.89 bits per heavy atom. The minimum atomic E-state index is -0.385. The van der Waals surface area contributed by atoms with E-state index >= 15 is 0 Å². The van der Waals surface area contributed by atoms with Crippen LogP contribution in [0.4, 0.5) is 0 Å². The molecule has 0 bridgehead atoms. The number of ether oxygens (including phenoxy) is 1. The van der Waals surface area contributed by atoms with E-state index in [9.17, 15) is 9.59 Å². The molecule has 0 unspecified atom stereocenters. The number of benzene rings is 2. The number of rotatable bonds is 5. The van der Waals surface area contributed by atoms with Crippen molar-refractivity contribution >= 4 is 11.8 Å². The number of likely N-dealkylation sites (tertiary alicyclic amines) is 1. The highest BCUT2D eigenvalue weighted by Gasteiger charge is 2.53. The van der Waals surface area contributed by atoms with Crippen molar-refractivity contribution in [3.8, 4) is 5.75 Å². The highest BCUT2D eigenvalue weighted by atomic mass is 16.5. The maximum absolute atomic E-state index is 13.4. The first-order chi connectivity index (χ1) is 13.6. The Morgan fingerprint density at radius 1 is 1.07 bits per heavy atom. The molecule has 1 aliphatic heterocycles. The lowest BCUT2D eigenvalue weighted by Crippen LogP contribution is -2.57. The van der Waals surface area contributed by atoms with Crippen LogP contribution in [-0.4, -0.2) is 30.4 Å². The van der Waals surface area contributed by atoms with Crippen LogP contribution in [-0.2, 0) is 21.4 Å². The van der Waals surface area contributed by atoms with Gasteiger partial charge in [0.2, 0.25) is 11.8 Å². The molecule has 4 heteroatoms. The van der Waals surface area contributed by atoms with E-state index in [0.29, 0.717) is 19.4 Å². The summed E-state index contributed by atoms with van der Waals surface area (Å²) in [5, 5.41) is 0. The summed E-state index contributed by atoms with van der Waals surface area (Å²) in [6, 6.07) is 18.0. The fraction of sp³-hybridized carbons (Fsp3) is 0.417. The Morgan fingerprint density at radius 3 is 2.68 bits per heavy atom. The predicted molar refractivity (Wildman–Crippen MR) is 108 cm³/mol. The molecule has 28 heavy (non-hydrogen) atoms. The molecule has 4 nitrogen and oxygen atoms in total. The molecule has 2 aliphatic rings. The second-order valence-corrected chi connectivity index (χ2v) is 7.98. The Bertz CT molecular complexity index is 863. The number of methoxy groups -OCH3 is 1. The Labute approximate surface area is 166 Å². The van der Waals surface area contributed by atoms with Gasteiger partial charge in [-0.05, 0) is 42.5 Å². The Balaban J connectivity index is 1.61. The maximum atomic E-state index is 13.4. The summed E-state index contributed by atoms with van der Waals surface area (Å²) in [5.41, 5.74) is 1.84. The molecular weight excluding hydrogens is 350 g/mol. The Kier molecular flexibility index (Phi) is 5.21. The SMILES string of the molecule is COc1cccc([C@@]23CCCC[C@H]2C(=O)N(CCc2ccccc2)C(=O)C3)c1. The minimum absolute atomic E-state index is 0.00898. The van der Waals surface area contributed by atoms with Gasteiger partial charge in [-0.1, -0.05) is 55.3 Å². The van der Waals surface area contributed by atoms with E-state index in [1.807, 2.05) is 48.5 Å². The van der Waals surface area contributed by atoms with Crippen LogP contribution >= 0.6 is 0 Å². The first kappa shape index (κ1) is 18.7. The summed E-state index contributed by atoms with van der Waals surface area (Å²) in [6.07, 6.45) is 4.95. The first-order valence-corrected chi connectivity index (χ1v) is 10.2. The monoisotopic (exact) mass is 377 g/mol. The van der Waals surface area contributed by atoms with Crippen molar-refractivity contribution in [3.05, 3.63) is 65.7 Å². The average Bonchev–Trinajstić information content (AvgIpc) is 2.74. The van der Waals surface area contributed by atoms with Gasteiger partial charge in [-0.3, -0.25) is 14.5 Å². The van der Waals surface area contributed by atoms with E-state index < -0.39 is 0 Å². The van der Waals surface area contributed by atoms with Gasteiger partial charge in [-0.25, -0.2) is 0 Å². The highest BCUT2D eigenvalue weighted by Crippen LogP contribution is 2.50. The van der Waals surface area contributed by atoms with Crippen molar-refractivity contribution < 1.29 is 14.3 Å². The molecule has 1 heterocycles. The lowest BCUT2D eigenvalue weighted by atomic mass is 9.58. The number of carbonyl (C=O) groups excluding carboxylic acids is 2.